The van der Waals surface area contributed by atoms with Gasteiger partial charge in [0, 0.05) is 23.8 Å². The molecule has 0 bridgehead atoms. The van der Waals surface area contributed by atoms with Gasteiger partial charge in [-0.3, -0.25) is 4.79 Å². The van der Waals surface area contributed by atoms with Crippen molar-refractivity contribution >= 4 is 17.2 Å². The van der Waals surface area contributed by atoms with Crippen LogP contribution in [0.15, 0.2) is 24.5 Å². The quantitative estimate of drug-likeness (QED) is 0.823. The molecule has 1 aliphatic rings. The lowest BCUT2D eigenvalue weighted by Gasteiger charge is -2.34. The molecule has 1 saturated heterocycles. The molecule has 0 aromatic carbocycles. The average Bonchev–Trinajstić information content (AvgIpc) is 3.15. The molecule has 1 fully saturated rings. The van der Waals surface area contributed by atoms with Crippen LogP contribution in [0.5, 0.6) is 0 Å². The van der Waals surface area contributed by atoms with E-state index in [4.69, 9.17) is 4.74 Å². The first-order valence-corrected chi connectivity index (χ1v) is 8.31. The Hall–Kier alpha value is -1.80. The Morgan fingerprint density at radius 2 is 1.96 bits per heavy atom. The molecule has 0 N–H and O–H groups in total. The van der Waals surface area contributed by atoms with Crippen molar-refractivity contribution < 1.29 is 22.7 Å². The molecule has 3 heterocycles. The van der Waals surface area contributed by atoms with Gasteiger partial charge in [0.05, 0.1) is 18.7 Å². The Morgan fingerprint density at radius 3 is 2.58 bits per heavy atom. The average molecular weight is 358 g/mol. The Labute approximate surface area is 141 Å². The molecule has 130 valence electrons. The molecule has 1 aliphatic heterocycles. The summed E-state index contributed by atoms with van der Waals surface area (Å²) in [5, 5.41) is 0.732. The molecule has 24 heavy (non-hydrogen) atoms. The Bertz CT molecular complexity index is 737. The van der Waals surface area contributed by atoms with Crippen LogP contribution in [0.25, 0.3) is 5.00 Å². The lowest BCUT2D eigenvalue weighted by molar-refractivity contribution is -0.233. The number of alkyl halides is 3. The molecule has 0 aliphatic carbocycles. The molecule has 2 aromatic heterocycles. The Morgan fingerprint density at radius 1 is 1.29 bits per heavy atom. The number of halogens is 3. The van der Waals surface area contributed by atoms with Crippen LogP contribution < -0.4 is 0 Å². The number of amides is 1. The van der Waals surface area contributed by atoms with Gasteiger partial charge in [-0.15, -0.1) is 11.3 Å². The van der Waals surface area contributed by atoms with Crippen molar-refractivity contribution in [1.29, 1.82) is 0 Å². The van der Waals surface area contributed by atoms with Crippen molar-refractivity contribution in [1.82, 2.24) is 9.47 Å². The number of hydrogen-bond acceptors (Lipinski definition) is 3. The van der Waals surface area contributed by atoms with Crippen LogP contribution in [-0.2, 0) is 4.74 Å². The largest absolute Gasteiger partial charge is 0.416 e. The zero-order valence-electron chi connectivity index (χ0n) is 13.3. The number of carbonyl (C=O) groups excluding carboxylic acids is 1. The van der Waals surface area contributed by atoms with Crippen molar-refractivity contribution in [3.05, 3.63) is 40.5 Å². The fourth-order valence-corrected chi connectivity index (χ4v) is 3.82. The highest BCUT2D eigenvalue weighted by Crippen LogP contribution is 2.33. The molecule has 4 nitrogen and oxygen atoms in total. The topological polar surface area (TPSA) is 34.5 Å². The first-order valence-electron chi connectivity index (χ1n) is 7.50. The summed E-state index contributed by atoms with van der Waals surface area (Å²) in [7, 11) is 0. The summed E-state index contributed by atoms with van der Waals surface area (Å²) < 4.78 is 45.3. The molecular weight excluding hydrogens is 341 g/mol. The summed E-state index contributed by atoms with van der Waals surface area (Å²) >= 11 is 1.46. The van der Waals surface area contributed by atoms with E-state index >= 15 is 0 Å². The van der Waals surface area contributed by atoms with Gasteiger partial charge in [0.25, 0.3) is 5.91 Å². The summed E-state index contributed by atoms with van der Waals surface area (Å²) in [4.78, 5) is 15.1. The van der Waals surface area contributed by atoms with E-state index in [1.807, 2.05) is 42.9 Å². The molecule has 0 radical (unpaired) electrons. The van der Waals surface area contributed by atoms with E-state index in [0.717, 1.165) is 15.4 Å². The van der Waals surface area contributed by atoms with E-state index in [2.05, 4.69) is 0 Å². The van der Waals surface area contributed by atoms with Crippen LogP contribution in [0, 0.1) is 13.8 Å². The van der Waals surface area contributed by atoms with Crippen LogP contribution in [-0.4, -0.2) is 47.4 Å². The van der Waals surface area contributed by atoms with Crippen molar-refractivity contribution in [3.8, 4) is 5.00 Å². The highest BCUT2D eigenvalue weighted by molar-refractivity contribution is 7.15. The van der Waals surface area contributed by atoms with Crippen LogP contribution in [0.2, 0.25) is 0 Å². The molecule has 3 rings (SSSR count). The fourth-order valence-electron chi connectivity index (χ4n) is 2.70. The summed E-state index contributed by atoms with van der Waals surface area (Å²) in [6.45, 7) is 3.30. The third kappa shape index (κ3) is 3.08. The summed E-state index contributed by atoms with van der Waals surface area (Å²) in [5.74, 6) is -0.377. The van der Waals surface area contributed by atoms with Gasteiger partial charge in [0.1, 0.15) is 5.00 Å². The van der Waals surface area contributed by atoms with Crippen molar-refractivity contribution in [2.45, 2.75) is 26.1 Å². The minimum absolute atomic E-state index is 0.114. The second kappa shape index (κ2) is 6.25. The number of ether oxygens (including phenoxy) is 1. The summed E-state index contributed by atoms with van der Waals surface area (Å²) in [6, 6.07) is 3.68. The Kier molecular flexibility index (Phi) is 4.44. The monoisotopic (exact) mass is 358 g/mol. The minimum atomic E-state index is -4.47. The van der Waals surface area contributed by atoms with Gasteiger partial charge in [0.2, 0.25) is 0 Å². The second-order valence-electron chi connectivity index (χ2n) is 5.71. The predicted octanol–water partition coefficient (Wildman–Crippen LogP) is 3.56. The molecule has 2 aromatic rings. The minimum Gasteiger partial charge on any atom is -0.365 e. The van der Waals surface area contributed by atoms with Gasteiger partial charge in [-0.05, 0) is 31.5 Å². The van der Waals surface area contributed by atoms with Crippen molar-refractivity contribution in [2.75, 3.05) is 19.7 Å². The zero-order chi connectivity index (χ0) is 17.5. The molecule has 1 amide bonds. The lowest BCUT2D eigenvalue weighted by atomic mass is 10.1. The number of hydrogen-bond donors (Lipinski definition) is 0. The molecule has 0 unspecified atom stereocenters. The van der Waals surface area contributed by atoms with Gasteiger partial charge in [-0.1, -0.05) is 0 Å². The SMILES string of the molecule is Cc1sc(-n2cccc2)c(C(=O)N2CCO[C@@H](C(F)(F)F)C2)c1C. The number of nitrogens with zero attached hydrogens (tertiary/aromatic N) is 2. The van der Waals surface area contributed by atoms with Crippen molar-refractivity contribution in [3.63, 3.8) is 0 Å². The van der Waals surface area contributed by atoms with Crippen LogP contribution >= 0.6 is 11.3 Å². The van der Waals surface area contributed by atoms with E-state index in [9.17, 15) is 18.0 Å². The van der Waals surface area contributed by atoms with Crippen LogP contribution in [0.3, 0.4) is 0 Å². The van der Waals surface area contributed by atoms with Gasteiger partial charge < -0.3 is 14.2 Å². The summed E-state index contributed by atoms with van der Waals surface area (Å²) in [6.07, 6.45) is -2.76. The number of thiophene rings is 1. The fraction of sp³-hybridized carbons (Fsp3) is 0.438. The lowest BCUT2D eigenvalue weighted by Crippen LogP contribution is -2.51. The number of rotatable bonds is 2. The standard InChI is InChI=1S/C16H17F3N2O2S/c1-10-11(2)24-15(20-5-3-4-6-20)13(10)14(22)21-7-8-23-12(9-21)16(17,18)19/h3-6,12H,7-9H2,1-2H3/t12-/m1/s1. The van der Waals surface area contributed by atoms with Gasteiger partial charge >= 0.3 is 6.18 Å². The maximum atomic E-state index is 12.9. The van der Waals surface area contributed by atoms with E-state index in [-0.39, 0.29) is 19.1 Å². The molecule has 8 heteroatoms. The van der Waals surface area contributed by atoms with E-state index in [0.29, 0.717) is 5.56 Å². The van der Waals surface area contributed by atoms with Gasteiger partial charge in [-0.25, -0.2) is 0 Å². The molecule has 1 atom stereocenters. The predicted molar refractivity (Wildman–Crippen MR) is 84.8 cm³/mol. The van der Waals surface area contributed by atoms with Gasteiger partial charge in [-0.2, -0.15) is 13.2 Å². The maximum Gasteiger partial charge on any atom is 0.416 e. The maximum absolute atomic E-state index is 12.9. The third-order valence-electron chi connectivity index (χ3n) is 4.14. The van der Waals surface area contributed by atoms with E-state index in [1.54, 1.807) is 0 Å². The van der Waals surface area contributed by atoms with E-state index < -0.39 is 18.8 Å². The zero-order valence-corrected chi connectivity index (χ0v) is 14.1. The molecule has 0 saturated carbocycles. The highest BCUT2D eigenvalue weighted by atomic mass is 32.1. The molecular formula is C16H17F3N2O2S. The highest BCUT2D eigenvalue weighted by Gasteiger charge is 2.44. The van der Waals surface area contributed by atoms with Crippen LogP contribution in [0.4, 0.5) is 13.2 Å². The first kappa shape index (κ1) is 17.0. The molecule has 0 spiro atoms. The first-order chi connectivity index (χ1) is 11.3. The van der Waals surface area contributed by atoms with E-state index in [1.165, 1.54) is 16.2 Å². The number of aromatic nitrogens is 1. The van der Waals surface area contributed by atoms with Crippen molar-refractivity contribution in [2.24, 2.45) is 0 Å². The number of aryl methyl sites for hydroxylation is 1. The smallest absolute Gasteiger partial charge is 0.365 e. The number of carbonyl (C=O) groups is 1. The number of morpholine rings is 1. The van der Waals surface area contributed by atoms with Crippen LogP contribution in [0.1, 0.15) is 20.8 Å². The Balaban J connectivity index is 1.93. The summed E-state index contributed by atoms with van der Waals surface area (Å²) in [5.41, 5.74) is 1.28. The normalized spacial score (nSPS) is 18.9. The third-order valence-corrected chi connectivity index (χ3v) is 5.36. The second-order valence-corrected chi connectivity index (χ2v) is 6.91. The van der Waals surface area contributed by atoms with Gasteiger partial charge in [0.15, 0.2) is 6.10 Å².